The second kappa shape index (κ2) is 9.53. The van der Waals surface area contributed by atoms with E-state index < -0.39 is 8.07 Å². The number of thiophene rings is 1. The highest BCUT2D eigenvalue weighted by atomic mass is 32.1. The fourth-order valence-electron chi connectivity index (χ4n) is 5.77. The molecule has 0 aliphatic heterocycles. The highest BCUT2D eigenvalue weighted by Gasteiger charge is 2.41. The summed E-state index contributed by atoms with van der Waals surface area (Å²) in [6, 6.07) is 53.5. The largest absolute Gasteiger partial charge is 0.255 e. The van der Waals surface area contributed by atoms with Crippen molar-refractivity contribution in [3.05, 3.63) is 152 Å². The van der Waals surface area contributed by atoms with E-state index in [2.05, 4.69) is 140 Å². The van der Waals surface area contributed by atoms with Gasteiger partial charge < -0.3 is 0 Å². The Kier molecular flexibility index (Phi) is 5.73. The Morgan fingerprint density at radius 1 is 0.447 bits per heavy atom. The molecule has 0 fully saturated rings. The van der Waals surface area contributed by atoms with Crippen LogP contribution in [0.4, 0.5) is 0 Å². The minimum atomic E-state index is -2.56. The van der Waals surface area contributed by atoms with E-state index in [9.17, 15) is 0 Å². The van der Waals surface area contributed by atoms with Crippen molar-refractivity contribution in [3.63, 3.8) is 0 Å². The van der Waals surface area contributed by atoms with E-state index in [1.165, 1.54) is 46.7 Å². The van der Waals surface area contributed by atoms with Gasteiger partial charge >= 0.3 is 0 Å². The Morgan fingerprint density at radius 2 is 1.03 bits per heavy atom. The summed E-state index contributed by atoms with van der Waals surface area (Å²) in [5, 5.41) is 6.77. The van der Waals surface area contributed by atoms with Gasteiger partial charge in [-0.3, -0.25) is 4.98 Å². The lowest BCUT2D eigenvalue weighted by atomic mass is 10.0. The summed E-state index contributed by atoms with van der Waals surface area (Å²) in [7, 11) is -2.56. The Bertz CT molecular complexity index is 1760. The maximum atomic E-state index is 4.70. The molecule has 0 aliphatic carbocycles. The summed E-state index contributed by atoms with van der Waals surface area (Å²) < 4.78 is 2.51. The molecule has 0 atom stereocenters. The lowest BCUT2D eigenvalue weighted by molar-refractivity contribution is 1.44. The lowest BCUT2D eigenvalue weighted by Crippen LogP contribution is -2.74. The number of pyridine rings is 1. The molecular weight excluding hydrogens is 495 g/mol. The minimum absolute atomic E-state index is 1.09. The van der Waals surface area contributed by atoms with Crippen molar-refractivity contribution in [2.75, 3.05) is 0 Å². The zero-order valence-corrected chi connectivity index (χ0v) is 22.6. The molecule has 0 saturated carbocycles. The number of aromatic nitrogens is 1. The molecule has 2 aromatic heterocycles. The normalized spacial score (nSPS) is 11.7. The van der Waals surface area contributed by atoms with Crippen molar-refractivity contribution in [2.24, 2.45) is 0 Å². The number of rotatable bonds is 5. The van der Waals surface area contributed by atoms with Gasteiger partial charge in [-0.1, -0.05) is 121 Å². The molecule has 0 saturated heterocycles. The van der Waals surface area contributed by atoms with E-state index in [1.54, 1.807) is 0 Å². The average molecular weight is 520 g/mol. The third-order valence-electron chi connectivity index (χ3n) is 7.47. The quantitative estimate of drug-likeness (QED) is 0.187. The first-order valence-corrected chi connectivity index (χ1v) is 15.7. The standard InChI is InChI=1S/C35H25NSSi/c1-4-13-28(14-5-1)38(29-15-6-2-7-16-29,30-17-8-3-9-18-30)31-19-10-12-26(24-31)27-21-22-33-32(25-27)35-34(37-33)20-11-23-36-35/h1-25H. The number of hydrogen-bond acceptors (Lipinski definition) is 2. The Morgan fingerprint density at radius 3 is 1.66 bits per heavy atom. The maximum Gasteiger partial charge on any atom is 0.179 e. The van der Waals surface area contributed by atoms with Crippen LogP contribution >= 0.6 is 11.3 Å². The Hall–Kier alpha value is -4.31. The highest BCUT2D eigenvalue weighted by molar-refractivity contribution is 7.25. The molecule has 2 heterocycles. The average Bonchev–Trinajstić information content (AvgIpc) is 3.38. The maximum absolute atomic E-state index is 4.70. The zero-order chi connectivity index (χ0) is 25.4. The van der Waals surface area contributed by atoms with Gasteiger partial charge in [-0.05, 0) is 56.1 Å². The first-order chi connectivity index (χ1) is 18.8. The monoisotopic (exact) mass is 519 g/mol. The molecule has 180 valence electrons. The van der Waals surface area contributed by atoms with Gasteiger partial charge in [0.2, 0.25) is 0 Å². The molecular formula is C35H25NSSi. The molecule has 0 unspecified atom stereocenters. The van der Waals surface area contributed by atoms with Gasteiger partial charge in [0.15, 0.2) is 8.07 Å². The van der Waals surface area contributed by atoms with Crippen LogP contribution in [-0.2, 0) is 0 Å². The van der Waals surface area contributed by atoms with Crippen LogP contribution in [0.2, 0.25) is 0 Å². The van der Waals surface area contributed by atoms with E-state index >= 15 is 0 Å². The van der Waals surface area contributed by atoms with Crippen molar-refractivity contribution in [3.8, 4) is 11.1 Å². The van der Waals surface area contributed by atoms with Gasteiger partial charge in [0.1, 0.15) is 0 Å². The number of hydrogen-bond donors (Lipinski definition) is 0. The summed E-state index contributed by atoms with van der Waals surface area (Å²) in [5.41, 5.74) is 3.55. The molecule has 5 aromatic carbocycles. The van der Waals surface area contributed by atoms with Gasteiger partial charge in [-0.2, -0.15) is 0 Å². The summed E-state index contributed by atoms with van der Waals surface area (Å²) >= 11 is 1.81. The van der Waals surface area contributed by atoms with Gasteiger partial charge in [-0.15, -0.1) is 11.3 Å². The summed E-state index contributed by atoms with van der Waals surface area (Å²) in [5.74, 6) is 0. The number of benzene rings is 5. The van der Waals surface area contributed by atoms with Crippen LogP contribution in [-0.4, -0.2) is 13.1 Å². The number of nitrogens with zero attached hydrogens (tertiary/aromatic N) is 1. The predicted octanol–water partition coefficient (Wildman–Crippen LogP) is 6.49. The first kappa shape index (κ1) is 22.9. The summed E-state index contributed by atoms with van der Waals surface area (Å²) in [6.45, 7) is 0. The third-order valence-corrected chi connectivity index (χ3v) is 13.4. The predicted molar refractivity (Wildman–Crippen MR) is 166 cm³/mol. The van der Waals surface area contributed by atoms with E-state index in [0.717, 1.165) is 5.52 Å². The SMILES string of the molecule is c1ccc([Si](c2ccccc2)(c2ccccc2)c2cccc(-c3ccc4sc5cccnc5c4c3)c2)cc1. The van der Waals surface area contributed by atoms with E-state index in [-0.39, 0.29) is 0 Å². The van der Waals surface area contributed by atoms with Crippen molar-refractivity contribution in [1.82, 2.24) is 4.98 Å². The lowest BCUT2D eigenvalue weighted by Gasteiger charge is -2.34. The highest BCUT2D eigenvalue weighted by Crippen LogP contribution is 2.35. The van der Waals surface area contributed by atoms with Crippen molar-refractivity contribution in [1.29, 1.82) is 0 Å². The van der Waals surface area contributed by atoms with Crippen LogP contribution in [0, 0.1) is 0 Å². The molecule has 0 amide bonds. The van der Waals surface area contributed by atoms with E-state index in [4.69, 9.17) is 4.98 Å². The smallest absolute Gasteiger partial charge is 0.179 e. The number of fused-ring (bicyclic) bond motifs is 3. The molecule has 0 radical (unpaired) electrons. The van der Waals surface area contributed by atoms with Crippen LogP contribution < -0.4 is 20.7 Å². The van der Waals surface area contributed by atoms with Gasteiger partial charge in [0.25, 0.3) is 0 Å². The first-order valence-electron chi connectivity index (χ1n) is 12.9. The van der Waals surface area contributed by atoms with Crippen molar-refractivity contribution in [2.45, 2.75) is 0 Å². The topological polar surface area (TPSA) is 12.9 Å². The zero-order valence-electron chi connectivity index (χ0n) is 20.8. The second-order valence-electron chi connectivity index (χ2n) is 9.59. The molecule has 0 aliphatic rings. The fourth-order valence-corrected chi connectivity index (χ4v) is 11.6. The molecule has 3 heteroatoms. The van der Waals surface area contributed by atoms with Crippen LogP contribution in [0.5, 0.6) is 0 Å². The minimum Gasteiger partial charge on any atom is -0.255 e. The molecule has 0 spiro atoms. The van der Waals surface area contributed by atoms with Gasteiger partial charge in [0, 0.05) is 16.3 Å². The van der Waals surface area contributed by atoms with Crippen LogP contribution in [0.15, 0.2) is 152 Å². The van der Waals surface area contributed by atoms with Crippen LogP contribution in [0.1, 0.15) is 0 Å². The van der Waals surface area contributed by atoms with Crippen molar-refractivity contribution >= 4 is 60.5 Å². The second-order valence-corrected chi connectivity index (χ2v) is 14.5. The molecule has 0 bridgehead atoms. The Labute approximate surface area is 227 Å². The van der Waals surface area contributed by atoms with Gasteiger partial charge in [0.05, 0.1) is 10.2 Å². The molecule has 7 rings (SSSR count). The third kappa shape index (κ3) is 3.71. The molecule has 7 aromatic rings. The van der Waals surface area contributed by atoms with E-state index in [0.29, 0.717) is 0 Å². The molecule has 38 heavy (non-hydrogen) atoms. The Balaban J connectivity index is 1.49. The molecule has 1 nitrogen and oxygen atoms in total. The van der Waals surface area contributed by atoms with Gasteiger partial charge in [-0.25, -0.2) is 0 Å². The van der Waals surface area contributed by atoms with Crippen LogP contribution in [0.3, 0.4) is 0 Å². The van der Waals surface area contributed by atoms with Crippen molar-refractivity contribution < 1.29 is 0 Å². The van der Waals surface area contributed by atoms with E-state index in [1.807, 2.05) is 23.6 Å². The summed E-state index contributed by atoms with van der Waals surface area (Å²) in [6.07, 6.45) is 1.89. The van der Waals surface area contributed by atoms with Crippen LogP contribution in [0.25, 0.3) is 31.4 Å². The molecule has 0 N–H and O–H groups in total. The fraction of sp³-hybridized carbons (Fsp3) is 0. The summed E-state index contributed by atoms with van der Waals surface area (Å²) in [4.78, 5) is 4.70.